The molecule has 1 heterocycles. The molecule has 5 nitrogen and oxygen atoms in total. The van der Waals surface area contributed by atoms with Gasteiger partial charge in [0.15, 0.2) is 5.41 Å². The first-order chi connectivity index (χ1) is 7.82. The number of hydrogen-bond acceptors (Lipinski definition) is 4. The largest absolute Gasteiger partial charge is 0.468 e. The number of methoxy groups -OCH3 is 1. The van der Waals surface area contributed by atoms with E-state index < -0.39 is 11.4 Å². The van der Waals surface area contributed by atoms with Crippen molar-refractivity contribution < 1.29 is 19.1 Å². The van der Waals surface area contributed by atoms with Gasteiger partial charge in [-0.05, 0) is 11.8 Å². The lowest BCUT2D eigenvalue weighted by atomic mass is 9.84. The van der Waals surface area contributed by atoms with E-state index in [0.29, 0.717) is 6.54 Å². The van der Waals surface area contributed by atoms with Crippen LogP contribution in [0.3, 0.4) is 0 Å². The molecule has 0 atom stereocenters. The maximum Gasteiger partial charge on any atom is 0.326 e. The smallest absolute Gasteiger partial charge is 0.326 e. The zero-order valence-corrected chi connectivity index (χ0v) is 11.0. The molecule has 0 saturated carbocycles. The number of rotatable bonds is 4. The number of amides is 1. The molecule has 1 fully saturated rings. The van der Waals surface area contributed by atoms with E-state index in [4.69, 9.17) is 4.74 Å². The summed E-state index contributed by atoms with van der Waals surface area (Å²) in [6.07, 6.45) is 0.858. The Kier molecular flexibility index (Phi) is 4.14. The minimum atomic E-state index is -1.12. The van der Waals surface area contributed by atoms with Crippen molar-refractivity contribution in [1.29, 1.82) is 0 Å². The molecule has 1 amide bonds. The molecule has 5 heteroatoms. The average molecular weight is 243 g/mol. The summed E-state index contributed by atoms with van der Waals surface area (Å²) in [7, 11) is 1.28. The Bertz CT molecular complexity index is 302. The molecule has 0 radical (unpaired) electrons. The quantitative estimate of drug-likeness (QED) is 0.584. The molecule has 1 saturated heterocycles. The number of hydrogen-bond donors (Lipinski definition) is 1. The van der Waals surface area contributed by atoms with Gasteiger partial charge in [-0.15, -0.1) is 0 Å². The van der Waals surface area contributed by atoms with Crippen LogP contribution < -0.4 is 5.32 Å². The van der Waals surface area contributed by atoms with Crippen molar-refractivity contribution in [2.24, 2.45) is 10.8 Å². The topological polar surface area (TPSA) is 64.6 Å². The highest BCUT2D eigenvalue weighted by Gasteiger charge is 2.53. The van der Waals surface area contributed by atoms with Gasteiger partial charge < -0.3 is 14.8 Å². The highest BCUT2D eigenvalue weighted by molar-refractivity contribution is 6.03. The fourth-order valence-electron chi connectivity index (χ4n) is 1.56. The minimum absolute atomic E-state index is 0.112. The molecule has 1 N–H and O–H groups in total. The second-order valence-corrected chi connectivity index (χ2v) is 5.63. The van der Waals surface area contributed by atoms with Crippen molar-refractivity contribution in [3.05, 3.63) is 0 Å². The Hall–Kier alpha value is -1.10. The van der Waals surface area contributed by atoms with Gasteiger partial charge >= 0.3 is 5.97 Å². The number of esters is 1. The molecule has 0 aromatic heterocycles. The van der Waals surface area contributed by atoms with E-state index in [1.807, 2.05) is 0 Å². The van der Waals surface area contributed by atoms with Gasteiger partial charge in [0.25, 0.3) is 0 Å². The van der Waals surface area contributed by atoms with Crippen LogP contribution in [0.25, 0.3) is 0 Å². The fraction of sp³-hybridized carbons (Fsp3) is 0.833. The van der Waals surface area contributed by atoms with Gasteiger partial charge in [0.2, 0.25) is 5.91 Å². The maximum atomic E-state index is 11.9. The van der Waals surface area contributed by atoms with Crippen LogP contribution in [0.5, 0.6) is 0 Å². The summed E-state index contributed by atoms with van der Waals surface area (Å²) in [4.78, 5) is 23.5. The first-order valence-electron chi connectivity index (χ1n) is 5.76. The molecule has 0 aromatic carbocycles. The monoisotopic (exact) mass is 243 g/mol. The van der Waals surface area contributed by atoms with Gasteiger partial charge in [-0.1, -0.05) is 20.8 Å². The summed E-state index contributed by atoms with van der Waals surface area (Å²) in [6.45, 7) is 7.08. The molecule has 1 aliphatic rings. The van der Waals surface area contributed by atoms with E-state index in [-0.39, 0.29) is 24.5 Å². The van der Waals surface area contributed by atoms with Gasteiger partial charge in [0.05, 0.1) is 20.3 Å². The van der Waals surface area contributed by atoms with Crippen LogP contribution >= 0.6 is 0 Å². The molecule has 0 spiro atoms. The standard InChI is InChI=1S/C12H21NO4/c1-11(2,3)5-6-13-9(14)12(7-17-8-12)10(15)16-4/h5-8H2,1-4H3,(H,13,14). The molecule has 1 aliphatic heterocycles. The Morgan fingerprint density at radius 2 is 1.94 bits per heavy atom. The van der Waals surface area contributed by atoms with Gasteiger partial charge in [-0.3, -0.25) is 9.59 Å². The number of carbonyl (C=O) groups is 2. The van der Waals surface area contributed by atoms with Crippen molar-refractivity contribution in [2.45, 2.75) is 27.2 Å². The summed E-state index contributed by atoms with van der Waals surface area (Å²) in [6, 6.07) is 0. The summed E-state index contributed by atoms with van der Waals surface area (Å²) in [5.74, 6) is -0.808. The van der Waals surface area contributed by atoms with E-state index in [9.17, 15) is 9.59 Å². The normalized spacial score (nSPS) is 18.1. The lowest BCUT2D eigenvalue weighted by Gasteiger charge is -2.36. The second-order valence-electron chi connectivity index (χ2n) is 5.63. The lowest BCUT2D eigenvalue weighted by molar-refractivity contribution is -0.188. The summed E-state index contributed by atoms with van der Waals surface area (Å²) >= 11 is 0. The zero-order valence-electron chi connectivity index (χ0n) is 11.0. The van der Waals surface area contributed by atoms with Crippen LogP contribution in [0, 0.1) is 10.8 Å². The molecule has 98 valence electrons. The van der Waals surface area contributed by atoms with Crippen LogP contribution in [-0.4, -0.2) is 38.7 Å². The fourth-order valence-corrected chi connectivity index (χ4v) is 1.56. The van der Waals surface area contributed by atoms with Crippen molar-refractivity contribution in [2.75, 3.05) is 26.9 Å². The Morgan fingerprint density at radius 3 is 2.29 bits per heavy atom. The first kappa shape index (κ1) is 14.0. The van der Waals surface area contributed by atoms with Crippen molar-refractivity contribution in [3.8, 4) is 0 Å². The first-order valence-corrected chi connectivity index (χ1v) is 5.76. The van der Waals surface area contributed by atoms with Crippen LogP contribution in [-0.2, 0) is 19.1 Å². The maximum absolute atomic E-state index is 11.9. The van der Waals surface area contributed by atoms with Gasteiger partial charge in [0.1, 0.15) is 0 Å². The predicted molar refractivity (Wildman–Crippen MR) is 62.3 cm³/mol. The molecule has 0 unspecified atom stereocenters. The Morgan fingerprint density at radius 1 is 1.35 bits per heavy atom. The van der Waals surface area contributed by atoms with Gasteiger partial charge in [-0.25, -0.2) is 0 Å². The van der Waals surface area contributed by atoms with Crippen LogP contribution in [0.4, 0.5) is 0 Å². The van der Waals surface area contributed by atoms with Crippen LogP contribution in [0.15, 0.2) is 0 Å². The van der Waals surface area contributed by atoms with E-state index in [1.54, 1.807) is 0 Å². The van der Waals surface area contributed by atoms with Crippen LogP contribution in [0.2, 0.25) is 0 Å². The number of nitrogens with one attached hydrogen (secondary N) is 1. The van der Waals surface area contributed by atoms with E-state index in [1.165, 1.54) is 7.11 Å². The van der Waals surface area contributed by atoms with Gasteiger partial charge in [-0.2, -0.15) is 0 Å². The zero-order chi connectivity index (χ0) is 13.1. The lowest BCUT2D eigenvalue weighted by Crippen LogP contribution is -2.59. The van der Waals surface area contributed by atoms with E-state index >= 15 is 0 Å². The van der Waals surface area contributed by atoms with E-state index in [2.05, 4.69) is 30.8 Å². The third kappa shape index (κ3) is 3.19. The molecule has 1 rings (SSSR count). The van der Waals surface area contributed by atoms with Crippen molar-refractivity contribution in [1.82, 2.24) is 5.32 Å². The average Bonchev–Trinajstić information content (AvgIpc) is 2.13. The third-order valence-electron chi connectivity index (χ3n) is 2.87. The molecule has 0 bridgehead atoms. The second kappa shape index (κ2) is 5.04. The van der Waals surface area contributed by atoms with Crippen LogP contribution in [0.1, 0.15) is 27.2 Å². The van der Waals surface area contributed by atoms with Gasteiger partial charge in [0, 0.05) is 6.54 Å². The molecule has 0 aromatic rings. The summed E-state index contributed by atoms with van der Waals surface area (Å²) in [5.41, 5.74) is -0.964. The van der Waals surface area contributed by atoms with E-state index in [0.717, 1.165) is 6.42 Å². The van der Waals surface area contributed by atoms with Crippen molar-refractivity contribution in [3.63, 3.8) is 0 Å². The molecular formula is C12H21NO4. The molecule has 0 aliphatic carbocycles. The van der Waals surface area contributed by atoms with Crippen molar-refractivity contribution >= 4 is 11.9 Å². The molecular weight excluding hydrogens is 222 g/mol. The SMILES string of the molecule is COC(=O)C1(C(=O)NCCC(C)(C)C)COC1. The molecule has 17 heavy (non-hydrogen) atoms. The Labute approximate surface area is 102 Å². The highest BCUT2D eigenvalue weighted by atomic mass is 16.5. The highest BCUT2D eigenvalue weighted by Crippen LogP contribution is 2.29. The number of carbonyl (C=O) groups excluding carboxylic acids is 2. The minimum Gasteiger partial charge on any atom is -0.468 e. The number of ether oxygens (including phenoxy) is 2. The third-order valence-corrected chi connectivity index (χ3v) is 2.87. The predicted octanol–water partition coefficient (Wildman–Crippen LogP) is 0.728. The summed E-state index contributed by atoms with van der Waals surface area (Å²) in [5, 5.41) is 2.78. The summed E-state index contributed by atoms with van der Waals surface area (Å²) < 4.78 is 9.61. The Balaban J connectivity index is 2.48.